The van der Waals surface area contributed by atoms with Gasteiger partial charge in [-0.25, -0.2) is 4.98 Å². The Kier molecular flexibility index (Phi) is 4.06. The number of nitrogens with one attached hydrogen (secondary N) is 1. The third-order valence-corrected chi connectivity index (χ3v) is 4.16. The number of imidazole rings is 1. The summed E-state index contributed by atoms with van der Waals surface area (Å²) >= 11 is 0. The molecule has 2 aromatic rings. The smallest absolute Gasteiger partial charge is 0.110 e. The summed E-state index contributed by atoms with van der Waals surface area (Å²) < 4.78 is 2.47. The zero-order valence-corrected chi connectivity index (χ0v) is 12.6. The van der Waals surface area contributed by atoms with Crippen molar-refractivity contribution in [3.05, 3.63) is 30.1 Å². The van der Waals surface area contributed by atoms with E-state index in [4.69, 9.17) is 4.98 Å². The first-order chi connectivity index (χ1) is 9.74. The highest BCUT2D eigenvalue weighted by atomic mass is 15.1. The summed E-state index contributed by atoms with van der Waals surface area (Å²) in [5, 5.41) is 3.52. The van der Waals surface area contributed by atoms with Gasteiger partial charge in [0.05, 0.1) is 11.0 Å². The molecule has 1 aliphatic heterocycles. The Morgan fingerprint density at radius 3 is 2.95 bits per heavy atom. The molecule has 1 unspecified atom stereocenters. The van der Waals surface area contributed by atoms with Gasteiger partial charge in [0.1, 0.15) is 5.82 Å². The van der Waals surface area contributed by atoms with E-state index < -0.39 is 0 Å². The Morgan fingerprint density at radius 1 is 1.35 bits per heavy atom. The van der Waals surface area contributed by atoms with Crippen molar-refractivity contribution in [1.29, 1.82) is 0 Å². The monoisotopic (exact) mass is 271 g/mol. The fourth-order valence-electron chi connectivity index (χ4n) is 3.19. The fourth-order valence-corrected chi connectivity index (χ4v) is 3.19. The SMILES string of the molecule is CC(C)Cc1nc2ccccc2n1CC1CCCNC1. The molecule has 1 aromatic heterocycles. The second kappa shape index (κ2) is 5.96. The number of aromatic nitrogens is 2. The molecule has 1 saturated heterocycles. The van der Waals surface area contributed by atoms with Crippen LogP contribution in [0, 0.1) is 11.8 Å². The Labute approximate surface area is 121 Å². The van der Waals surface area contributed by atoms with Crippen LogP contribution in [0.25, 0.3) is 11.0 Å². The van der Waals surface area contributed by atoms with Gasteiger partial charge in [-0.05, 0) is 49.9 Å². The van der Waals surface area contributed by atoms with Gasteiger partial charge >= 0.3 is 0 Å². The van der Waals surface area contributed by atoms with Crippen LogP contribution < -0.4 is 5.32 Å². The normalized spacial score (nSPS) is 19.9. The molecule has 0 amide bonds. The van der Waals surface area contributed by atoms with Crippen LogP contribution in [-0.2, 0) is 13.0 Å². The highest BCUT2D eigenvalue weighted by Gasteiger charge is 2.18. The molecule has 20 heavy (non-hydrogen) atoms. The van der Waals surface area contributed by atoms with Crippen molar-refractivity contribution in [3.8, 4) is 0 Å². The summed E-state index contributed by atoms with van der Waals surface area (Å²) in [6.45, 7) is 7.97. The summed E-state index contributed by atoms with van der Waals surface area (Å²) in [4.78, 5) is 4.86. The molecule has 1 aromatic carbocycles. The summed E-state index contributed by atoms with van der Waals surface area (Å²) in [6, 6.07) is 8.55. The standard InChI is InChI=1S/C17H25N3/c1-13(2)10-17-19-15-7-3-4-8-16(15)20(17)12-14-6-5-9-18-11-14/h3-4,7-8,13-14,18H,5-6,9-12H2,1-2H3. The third kappa shape index (κ3) is 2.88. The highest BCUT2D eigenvalue weighted by molar-refractivity contribution is 5.75. The van der Waals surface area contributed by atoms with Crippen LogP contribution in [0.1, 0.15) is 32.5 Å². The molecule has 3 rings (SSSR count). The predicted molar refractivity (Wildman–Crippen MR) is 83.9 cm³/mol. The van der Waals surface area contributed by atoms with Gasteiger partial charge in [-0.3, -0.25) is 0 Å². The van der Waals surface area contributed by atoms with E-state index in [2.05, 4.69) is 48.0 Å². The van der Waals surface area contributed by atoms with Crippen LogP contribution in [0.3, 0.4) is 0 Å². The summed E-state index contributed by atoms with van der Waals surface area (Å²) in [7, 11) is 0. The predicted octanol–water partition coefficient (Wildman–Crippen LogP) is 3.23. The molecule has 0 bridgehead atoms. The Morgan fingerprint density at radius 2 is 2.20 bits per heavy atom. The van der Waals surface area contributed by atoms with Gasteiger partial charge in [0.15, 0.2) is 0 Å². The first-order valence-electron chi connectivity index (χ1n) is 7.89. The van der Waals surface area contributed by atoms with Crippen LogP contribution in [0.15, 0.2) is 24.3 Å². The molecule has 1 atom stereocenters. The van der Waals surface area contributed by atoms with Crippen molar-refractivity contribution >= 4 is 11.0 Å². The van der Waals surface area contributed by atoms with E-state index >= 15 is 0 Å². The van der Waals surface area contributed by atoms with Gasteiger partial charge < -0.3 is 9.88 Å². The average molecular weight is 271 g/mol. The molecular weight excluding hydrogens is 246 g/mol. The van der Waals surface area contributed by atoms with Crippen LogP contribution in [-0.4, -0.2) is 22.6 Å². The molecule has 0 spiro atoms. The van der Waals surface area contributed by atoms with Crippen molar-refractivity contribution in [2.24, 2.45) is 11.8 Å². The number of hydrogen-bond acceptors (Lipinski definition) is 2. The highest BCUT2D eigenvalue weighted by Crippen LogP contribution is 2.22. The minimum Gasteiger partial charge on any atom is -0.328 e. The van der Waals surface area contributed by atoms with Gasteiger partial charge in [0.25, 0.3) is 0 Å². The molecule has 1 N–H and O–H groups in total. The topological polar surface area (TPSA) is 29.9 Å². The molecule has 1 fully saturated rings. The first-order valence-corrected chi connectivity index (χ1v) is 7.89. The second-order valence-corrected chi connectivity index (χ2v) is 6.44. The quantitative estimate of drug-likeness (QED) is 0.925. The van der Waals surface area contributed by atoms with Gasteiger partial charge in [-0.2, -0.15) is 0 Å². The fraction of sp³-hybridized carbons (Fsp3) is 0.588. The molecule has 3 heteroatoms. The Balaban J connectivity index is 1.92. The third-order valence-electron chi connectivity index (χ3n) is 4.16. The Hall–Kier alpha value is -1.35. The van der Waals surface area contributed by atoms with Crippen molar-refractivity contribution in [2.75, 3.05) is 13.1 Å². The number of rotatable bonds is 4. The van der Waals surface area contributed by atoms with Gasteiger partial charge in [-0.1, -0.05) is 26.0 Å². The van der Waals surface area contributed by atoms with E-state index in [0.29, 0.717) is 5.92 Å². The lowest BCUT2D eigenvalue weighted by atomic mass is 9.99. The lowest BCUT2D eigenvalue weighted by Gasteiger charge is -2.24. The zero-order valence-electron chi connectivity index (χ0n) is 12.6. The maximum Gasteiger partial charge on any atom is 0.110 e. The van der Waals surface area contributed by atoms with Gasteiger partial charge in [0, 0.05) is 13.0 Å². The zero-order chi connectivity index (χ0) is 13.9. The van der Waals surface area contributed by atoms with Gasteiger partial charge in [0.2, 0.25) is 0 Å². The van der Waals surface area contributed by atoms with E-state index in [-0.39, 0.29) is 0 Å². The lowest BCUT2D eigenvalue weighted by Crippen LogP contribution is -2.32. The minimum atomic E-state index is 0.648. The van der Waals surface area contributed by atoms with E-state index in [9.17, 15) is 0 Å². The van der Waals surface area contributed by atoms with Crippen LogP contribution in [0.2, 0.25) is 0 Å². The maximum atomic E-state index is 4.86. The molecule has 3 nitrogen and oxygen atoms in total. The van der Waals surface area contributed by atoms with Crippen molar-refractivity contribution in [1.82, 2.24) is 14.9 Å². The molecule has 0 radical (unpaired) electrons. The number of benzene rings is 1. The largest absolute Gasteiger partial charge is 0.328 e. The molecule has 2 heterocycles. The van der Waals surface area contributed by atoms with Crippen LogP contribution in [0.5, 0.6) is 0 Å². The van der Waals surface area contributed by atoms with Crippen molar-refractivity contribution in [2.45, 2.75) is 39.7 Å². The van der Waals surface area contributed by atoms with Crippen molar-refractivity contribution < 1.29 is 0 Å². The number of nitrogens with zero attached hydrogens (tertiary/aromatic N) is 2. The molecule has 1 aliphatic rings. The second-order valence-electron chi connectivity index (χ2n) is 6.44. The van der Waals surface area contributed by atoms with Gasteiger partial charge in [-0.15, -0.1) is 0 Å². The van der Waals surface area contributed by atoms with Crippen molar-refractivity contribution in [3.63, 3.8) is 0 Å². The van der Waals surface area contributed by atoms with E-state index in [1.165, 1.54) is 30.7 Å². The summed E-state index contributed by atoms with van der Waals surface area (Å²) in [6.07, 6.45) is 3.70. The number of piperidine rings is 1. The summed E-state index contributed by atoms with van der Waals surface area (Å²) in [5.74, 6) is 2.65. The lowest BCUT2D eigenvalue weighted by molar-refractivity contribution is 0.335. The summed E-state index contributed by atoms with van der Waals surface area (Å²) in [5.41, 5.74) is 2.45. The van der Waals surface area contributed by atoms with Crippen LogP contribution >= 0.6 is 0 Å². The Bertz CT molecular complexity index is 565. The molecular formula is C17H25N3. The molecule has 108 valence electrons. The maximum absolute atomic E-state index is 4.86. The number of para-hydroxylation sites is 2. The molecule has 0 aliphatic carbocycles. The van der Waals surface area contributed by atoms with Crippen LogP contribution in [0.4, 0.5) is 0 Å². The first kappa shape index (κ1) is 13.6. The van der Waals surface area contributed by atoms with E-state index in [0.717, 1.165) is 30.9 Å². The average Bonchev–Trinajstić information content (AvgIpc) is 2.77. The number of hydrogen-bond donors (Lipinski definition) is 1. The molecule has 0 saturated carbocycles. The van der Waals surface area contributed by atoms with E-state index in [1.807, 2.05) is 0 Å². The minimum absolute atomic E-state index is 0.648. The number of fused-ring (bicyclic) bond motifs is 1. The van der Waals surface area contributed by atoms with E-state index in [1.54, 1.807) is 0 Å².